The maximum atomic E-state index is 5.98. The highest BCUT2D eigenvalue weighted by molar-refractivity contribution is 9.10. The number of ether oxygens (including phenoxy) is 1. The summed E-state index contributed by atoms with van der Waals surface area (Å²) in [7, 11) is 0. The smallest absolute Gasteiger partial charge is 0.139 e. The number of hydrogen-bond acceptors (Lipinski definition) is 2. The Labute approximate surface area is 108 Å². The lowest BCUT2D eigenvalue weighted by atomic mass is 10.3. The molecule has 0 saturated heterocycles. The van der Waals surface area contributed by atoms with Gasteiger partial charge in [-0.25, -0.2) is 0 Å². The third-order valence-electron chi connectivity index (χ3n) is 1.76. The molecular weight excluding hydrogens is 301 g/mol. The maximum Gasteiger partial charge on any atom is 0.139 e. The van der Waals surface area contributed by atoms with E-state index in [2.05, 4.69) is 21.2 Å². The zero-order chi connectivity index (χ0) is 11.3. The van der Waals surface area contributed by atoms with Gasteiger partial charge in [0.2, 0.25) is 0 Å². The van der Waals surface area contributed by atoms with Crippen molar-refractivity contribution in [2.24, 2.45) is 0 Å². The molecule has 0 bridgehead atoms. The molecule has 0 heterocycles. The number of nitrogens with one attached hydrogen (secondary N) is 1. The molecule has 0 amide bonds. The van der Waals surface area contributed by atoms with Crippen LogP contribution in [-0.2, 0) is 0 Å². The van der Waals surface area contributed by atoms with E-state index < -0.39 is 0 Å². The highest BCUT2D eigenvalue weighted by atomic mass is 79.9. The Morgan fingerprint density at radius 3 is 2.73 bits per heavy atom. The Kier molecular flexibility index (Phi) is 5.75. The fraction of sp³-hybridized carbons (Fsp3) is 0.400. The summed E-state index contributed by atoms with van der Waals surface area (Å²) < 4.78 is 6.25. The first-order chi connectivity index (χ1) is 7.15. The van der Waals surface area contributed by atoms with Crippen molar-refractivity contribution in [3.63, 3.8) is 0 Å². The molecule has 0 atom stereocenters. The number of hydrogen-bond donors (Lipinski definition) is 1. The average molecular weight is 313 g/mol. The summed E-state index contributed by atoms with van der Waals surface area (Å²) in [5.41, 5.74) is 0. The molecule has 2 nitrogen and oxygen atoms in total. The minimum Gasteiger partial charge on any atom is -0.491 e. The number of rotatable bonds is 5. The molecule has 0 spiro atoms. The summed E-state index contributed by atoms with van der Waals surface area (Å²) >= 11 is 15.2. The van der Waals surface area contributed by atoms with Gasteiger partial charge in [-0.1, -0.05) is 30.1 Å². The molecule has 0 radical (unpaired) electrons. The Morgan fingerprint density at radius 2 is 2.07 bits per heavy atom. The van der Waals surface area contributed by atoms with Crippen LogP contribution in [0.4, 0.5) is 0 Å². The minimum atomic E-state index is 0.558. The molecule has 1 rings (SSSR count). The van der Waals surface area contributed by atoms with Crippen molar-refractivity contribution < 1.29 is 4.74 Å². The van der Waals surface area contributed by atoms with Crippen molar-refractivity contribution in [3.8, 4) is 5.75 Å². The molecule has 15 heavy (non-hydrogen) atoms. The summed E-state index contributed by atoms with van der Waals surface area (Å²) in [6.07, 6.45) is 0. The quantitative estimate of drug-likeness (QED) is 0.660. The van der Waals surface area contributed by atoms with Gasteiger partial charge in [-0.05, 0) is 28.5 Å². The zero-order valence-electron chi connectivity index (χ0n) is 8.32. The molecule has 0 fully saturated rings. The van der Waals surface area contributed by atoms with Gasteiger partial charge < -0.3 is 10.1 Å². The summed E-state index contributed by atoms with van der Waals surface area (Å²) in [5.74, 6) is 0.614. The van der Waals surface area contributed by atoms with Gasteiger partial charge in [-0.15, -0.1) is 0 Å². The standard InChI is InChI=1S/C10H12BrCl2NO/c1-2-14-3-4-15-10-6-8(12)7(11)5-9(10)13/h5-6,14H,2-4H2,1H3. The SMILES string of the molecule is CCNCCOc1cc(Cl)c(Br)cc1Cl. The number of halogens is 3. The van der Waals surface area contributed by atoms with Crippen molar-refractivity contribution in [2.45, 2.75) is 6.92 Å². The fourth-order valence-corrected chi connectivity index (χ4v) is 1.87. The summed E-state index contributed by atoms with van der Waals surface area (Å²) in [6, 6.07) is 3.44. The zero-order valence-corrected chi connectivity index (χ0v) is 11.4. The van der Waals surface area contributed by atoms with E-state index in [1.165, 1.54) is 0 Å². The van der Waals surface area contributed by atoms with E-state index in [1.807, 2.05) is 6.92 Å². The largest absolute Gasteiger partial charge is 0.491 e. The van der Waals surface area contributed by atoms with Gasteiger partial charge in [0.05, 0.1) is 10.0 Å². The van der Waals surface area contributed by atoms with E-state index in [0.29, 0.717) is 22.4 Å². The van der Waals surface area contributed by atoms with Crippen molar-refractivity contribution in [3.05, 3.63) is 26.7 Å². The van der Waals surface area contributed by atoms with Crippen molar-refractivity contribution >= 4 is 39.1 Å². The van der Waals surface area contributed by atoms with Crippen LogP contribution in [0.1, 0.15) is 6.92 Å². The molecule has 0 unspecified atom stereocenters. The maximum absolute atomic E-state index is 5.98. The Balaban J connectivity index is 2.57. The molecular formula is C10H12BrCl2NO. The second kappa shape index (κ2) is 6.59. The van der Waals surface area contributed by atoms with Crippen LogP contribution in [0.2, 0.25) is 10.0 Å². The lowest BCUT2D eigenvalue weighted by molar-refractivity contribution is 0.315. The highest BCUT2D eigenvalue weighted by Gasteiger charge is 2.06. The van der Waals surface area contributed by atoms with Crippen LogP contribution in [0, 0.1) is 0 Å². The second-order valence-corrected chi connectivity index (χ2v) is 4.57. The van der Waals surface area contributed by atoms with Crippen LogP contribution in [0.15, 0.2) is 16.6 Å². The third kappa shape index (κ3) is 4.19. The van der Waals surface area contributed by atoms with Gasteiger partial charge in [0.15, 0.2) is 0 Å². The van der Waals surface area contributed by atoms with Crippen LogP contribution in [0.3, 0.4) is 0 Å². The molecule has 0 aliphatic rings. The van der Waals surface area contributed by atoms with E-state index in [1.54, 1.807) is 12.1 Å². The molecule has 0 aliphatic heterocycles. The van der Waals surface area contributed by atoms with Crippen LogP contribution in [0.5, 0.6) is 5.75 Å². The molecule has 0 aliphatic carbocycles. The van der Waals surface area contributed by atoms with E-state index in [0.717, 1.165) is 17.6 Å². The van der Waals surface area contributed by atoms with Gasteiger partial charge in [-0.2, -0.15) is 0 Å². The fourth-order valence-electron chi connectivity index (χ4n) is 1.02. The molecule has 0 aromatic heterocycles. The van der Waals surface area contributed by atoms with E-state index >= 15 is 0 Å². The topological polar surface area (TPSA) is 21.3 Å². The van der Waals surface area contributed by atoms with Gasteiger partial charge >= 0.3 is 0 Å². The minimum absolute atomic E-state index is 0.558. The Hall–Kier alpha value is 0.0400. The molecule has 1 aromatic rings. The van der Waals surface area contributed by atoms with Gasteiger partial charge in [0, 0.05) is 17.1 Å². The number of benzene rings is 1. The van der Waals surface area contributed by atoms with Gasteiger partial charge in [-0.3, -0.25) is 0 Å². The Morgan fingerprint density at radius 1 is 1.33 bits per heavy atom. The first-order valence-corrected chi connectivity index (χ1v) is 6.18. The highest BCUT2D eigenvalue weighted by Crippen LogP contribution is 2.33. The molecule has 84 valence electrons. The predicted molar refractivity (Wildman–Crippen MR) is 68.2 cm³/mol. The molecule has 0 saturated carbocycles. The van der Waals surface area contributed by atoms with Gasteiger partial charge in [0.25, 0.3) is 0 Å². The Bertz CT molecular complexity index is 333. The van der Waals surface area contributed by atoms with Crippen LogP contribution >= 0.6 is 39.1 Å². The van der Waals surface area contributed by atoms with Crippen molar-refractivity contribution in [2.75, 3.05) is 19.7 Å². The van der Waals surface area contributed by atoms with Crippen molar-refractivity contribution in [1.29, 1.82) is 0 Å². The van der Waals surface area contributed by atoms with Crippen molar-refractivity contribution in [1.82, 2.24) is 5.32 Å². The van der Waals surface area contributed by atoms with Crippen LogP contribution in [-0.4, -0.2) is 19.7 Å². The van der Waals surface area contributed by atoms with E-state index in [-0.39, 0.29) is 0 Å². The van der Waals surface area contributed by atoms with Gasteiger partial charge in [0.1, 0.15) is 12.4 Å². The lowest BCUT2D eigenvalue weighted by Gasteiger charge is -2.09. The first kappa shape index (κ1) is 13.1. The molecule has 5 heteroatoms. The number of likely N-dealkylation sites (N-methyl/N-ethyl adjacent to an activating group) is 1. The summed E-state index contributed by atoms with van der Waals surface area (Å²) in [6.45, 7) is 4.34. The summed E-state index contributed by atoms with van der Waals surface area (Å²) in [5, 5.41) is 4.31. The first-order valence-electron chi connectivity index (χ1n) is 4.63. The van der Waals surface area contributed by atoms with Crippen LogP contribution in [0.25, 0.3) is 0 Å². The monoisotopic (exact) mass is 311 g/mol. The normalized spacial score (nSPS) is 10.4. The lowest BCUT2D eigenvalue weighted by Crippen LogP contribution is -2.20. The second-order valence-electron chi connectivity index (χ2n) is 2.90. The summed E-state index contributed by atoms with van der Waals surface area (Å²) in [4.78, 5) is 0. The van der Waals surface area contributed by atoms with E-state index in [4.69, 9.17) is 27.9 Å². The van der Waals surface area contributed by atoms with Crippen LogP contribution < -0.4 is 10.1 Å². The predicted octanol–water partition coefficient (Wildman–Crippen LogP) is 3.74. The molecule has 1 N–H and O–H groups in total. The van der Waals surface area contributed by atoms with E-state index in [9.17, 15) is 0 Å². The third-order valence-corrected chi connectivity index (χ3v) is 3.25. The molecule has 1 aromatic carbocycles. The average Bonchev–Trinajstić information content (AvgIpc) is 2.20.